The SMILES string of the molecule is Nc1ncnnc1-c1ccc2c(c1)CCC(=O)N2. The number of nitrogen functional groups attached to an aromatic ring is 1. The molecule has 0 spiro atoms. The number of nitrogens with one attached hydrogen (secondary N) is 1. The van der Waals surface area contributed by atoms with E-state index in [4.69, 9.17) is 5.73 Å². The van der Waals surface area contributed by atoms with E-state index in [1.165, 1.54) is 6.33 Å². The van der Waals surface area contributed by atoms with Crippen molar-refractivity contribution in [1.82, 2.24) is 15.2 Å². The van der Waals surface area contributed by atoms with E-state index >= 15 is 0 Å². The molecule has 3 rings (SSSR count). The van der Waals surface area contributed by atoms with Gasteiger partial charge in [0.2, 0.25) is 5.91 Å². The lowest BCUT2D eigenvalue weighted by Crippen LogP contribution is -2.18. The number of nitrogens with zero attached hydrogens (tertiary/aromatic N) is 3. The number of hydrogen-bond acceptors (Lipinski definition) is 5. The molecule has 0 aliphatic carbocycles. The fourth-order valence-corrected chi connectivity index (χ4v) is 2.02. The second-order valence-electron chi connectivity index (χ2n) is 4.11. The molecule has 0 fully saturated rings. The summed E-state index contributed by atoms with van der Waals surface area (Å²) in [5.74, 6) is 0.403. The Morgan fingerprint density at radius 1 is 1.28 bits per heavy atom. The van der Waals surface area contributed by atoms with Gasteiger partial charge in [-0.15, -0.1) is 10.2 Å². The molecular weight excluding hydrogens is 230 g/mol. The van der Waals surface area contributed by atoms with E-state index in [-0.39, 0.29) is 5.91 Å². The lowest BCUT2D eigenvalue weighted by atomic mass is 9.99. The van der Waals surface area contributed by atoms with E-state index in [2.05, 4.69) is 20.5 Å². The lowest BCUT2D eigenvalue weighted by Gasteiger charge is -2.17. The van der Waals surface area contributed by atoms with Crippen LogP contribution < -0.4 is 11.1 Å². The summed E-state index contributed by atoms with van der Waals surface area (Å²) >= 11 is 0. The van der Waals surface area contributed by atoms with Crippen molar-refractivity contribution in [2.24, 2.45) is 0 Å². The fraction of sp³-hybridized carbons (Fsp3) is 0.167. The number of hydrogen-bond donors (Lipinski definition) is 2. The minimum absolute atomic E-state index is 0.0518. The van der Waals surface area contributed by atoms with E-state index in [0.29, 0.717) is 17.9 Å². The zero-order valence-corrected chi connectivity index (χ0v) is 9.55. The number of nitrogens with two attached hydrogens (primary N) is 1. The van der Waals surface area contributed by atoms with Crippen LogP contribution in [0.25, 0.3) is 11.3 Å². The van der Waals surface area contributed by atoms with Gasteiger partial charge in [-0.05, 0) is 24.1 Å². The van der Waals surface area contributed by atoms with Gasteiger partial charge in [-0.2, -0.15) is 0 Å². The molecule has 0 saturated heterocycles. The number of anilines is 2. The molecule has 0 radical (unpaired) electrons. The first kappa shape index (κ1) is 10.6. The monoisotopic (exact) mass is 241 g/mol. The third-order valence-corrected chi connectivity index (χ3v) is 2.92. The average molecular weight is 241 g/mol. The minimum Gasteiger partial charge on any atom is -0.382 e. The molecule has 1 amide bonds. The van der Waals surface area contributed by atoms with Crippen LogP contribution >= 0.6 is 0 Å². The van der Waals surface area contributed by atoms with Gasteiger partial charge in [0.25, 0.3) is 0 Å². The topological polar surface area (TPSA) is 93.8 Å². The zero-order chi connectivity index (χ0) is 12.5. The van der Waals surface area contributed by atoms with Crippen molar-refractivity contribution in [3.8, 4) is 11.3 Å². The summed E-state index contributed by atoms with van der Waals surface area (Å²) in [6.45, 7) is 0. The van der Waals surface area contributed by atoms with Crippen molar-refractivity contribution in [1.29, 1.82) is 0 Å². The van der Waals surface area contributed by atoms with Gasteiger partial charge >= 0.3 is 0 Å². The van der Waals surface area contributed by atoms with Crippen LogP contribution in [0.15, 0.2) is 24.5 Å². The maximum absolute atomic E-state index is 11.3. The molecule has 2 aromatic rings. The summed E-state index contributed by atoms with van der Waals surface area (Å²) in [5, 5.41) is 10.6. The number of aryl methyl sites for hydroxylation is 1. The highest BCUT2D eigenvalue weighted by Gasteiger charge is 2.16. The molecule has 0 unspecified atom stereocenters. The minimum atomic E-state index is 0.0518. The van der Waals surface area contributed by atoms with E-state index in [1.807, 2.05) is 18.2 Å². The Labute approximate surface area is 103 Å². The van der Waals surface area contributed by atoms with Crippen LogP contribution in [0.5, 0.6) is 0 Å². The zero-order valence-electron chi connectivity index (χ0n) is 9.55. The number of carbonyl (C=O) groups is 1. The third-order valence-electron chi connectivity index (χ3n) is 2.92. The first-order chi connectivity index (χ1) is 8.74. The first-order valence-electron chi connectivity index (χ1n) is 5.60. The van der Waals surface area contributed by atoms with E-state index < -0.39 is 0 Å². The van der Waals surface area contributed by atoms with Crippen LogP contribution in [-0.2, 0) is 11.2 Å². The smallest absolute Gasteiger partial charge is 0.224 e. The van der Waals surface area contributed by atoms with Crippen molar-refractivity contribution in [2.75, 3.05) is 11.1 Å². The standard InChI is InChI=1S/C12H11N5O/c13-12-11(17-15-6-14-12)8-1-3-9-7(5-8)2-4-10(18)16-9/h1,3,5-6H,2,4H2,(H,16,18)(H2,13,14,15). The molecule has 1 aromatic heterocycles. The van der Waals surface area contributed by atoms with Crippen molar-refractivity contribution in [2.45, 2.75) is 12.8 Å². The Bertz CT molecular complexity index is 626. The molecule has 0 atom stereocenters. The summed E-state index contributed by atoms with van der Waals surface area (Å²) in [5.41, 5.74) is 9.13. The van der Waals surface area contributed by atoms with Gasteiger partial charge in [0.15, 0.2) is 5.82 Å². The number of carbonyl (C=O) groups excluding carboxylic acids is 1. The van der Waals surface area contributed by atoms with Crippen molar-refractivity contribution in [3.05, 3.63) is 30.1 Å². The molecule has 3 N–H and O–H groups in total. The van der Waals surface area contributed by atoms with Gasteiger partial charge in [0.1, 0.15) is 12.0 Å². The van der Waals surface area contributed by atoms with Crippen LogP contribution in [-0.4, -0.2) is 21.1 Å². The maximum Gasteiger partial charge on any atom is 0.224 e. The second-order valence-corrected chi connectivity index (χ2v) is 4.11. The summed E-state index contributed by atoms with van der Waals surface area (Å²) in [4.78, 5) is 15.2. The molecule has 1 aromatic carbocycles. The molecule has 1 aliphatic heterocycles. The highest BCUT2D eigenvalue weighted by Crippen LogP contribution is 2.29. The number of fused-ring (bicyclic) bond motifs is 1. The number of amides is 1. The quantitative estimate of drug-likeness (QED) is 0.777. The van der Waals surface area contributed by atoms with Crippen LogP contribution in [0.4, 0.5) is 11.5 Å². The van der Waals surface area contributed by atoms with Gasteiger partial charge in [-0.3, -0.25) is 4.79 Å². The fourth-order valence-electron chi connectivity index (χ4n) is 2.02. The van der Waals surface area contributed by atoms with Gasteiger partial charge in [-0.1, -0.05) is 6.07 Å². The Balaban J connectivity index is 2.05. The predicted molar refractivity (Wildman–Crippen MR) is 66.6 cm³/mol. The average Bonchev–Trinajstić information content (AvgIpc) is 2.39. The van der Waals surface area contributed by atoms with Crippen LogP contribution in [0.1, 0.15) is 12.0 Å². The normalized spacial score (nSPS) is 13.9. The van der Waals surface area contributed by atoms with Crippen LogP contribution in [0.2, 0.25) is 0 Å². The van der Waals surface area contributed by atoms with Crippen LogP contribution in [0.3, 0.4) is 0 Å². The Hall–Kier alpha value is -2.50. The Kier molecular flexibility index (Phi) is 2.40. The van der Waals surface area contributed by atoms with Gasteiger partial charge in [0, 0.05) is 17.7 Å². The molecular formula is C12H11N5O. The Morgan fingerprint density at radius 3 is 3.00 bits per heavy atom. The Morgan fingerprint density at radius 2 is 2.17 bits per heavy atom. The molecule has 1 aliphatic rings. The molecule has 6 nitrogen and oxygen atoms in total. The van der Waals surface area contributed by atoms with Crippen molar-refractivity contribution < 1.29 is 4.79 Å². The second kappa shape index (κ2) is 4.06. The largest absolute Gasteiger partial charge is 0.382 e. The number of benzene rings is 1. The van der Waals surface area contributed by atoms with Crippen molar-refractivity contribution in [3.63, 3.8) is 0 Å². The summed E-state index contributed by atoms with van der Waals surface area (Å²) in [6.07, 6.45) is 2.55. The first-order valence-corrected chi connectivity index (χ1v) is 5.60. The van der Waals surface area contributed by atoms with Crippen LogP contribution in [0, 0.1) is 0 Å². The predicted octanol–water partition coefficient (Wildman–Crippen LogP) is 1.01. The molecule has 0 saturated carbocycles. The van der Waals surface area contributed by atoms with E-state index in [0.717, 1.165) is 23.2 Å². The summed E-state index contributed by atoms with van der Waals surface area (Å²) in [6, 6.07) is 5.68. The maximum atomic E-state index is 11.3. The highest BCUT2D eigenvalue weighted by molar-refractivity contribution is 5.94. The molecule has 90 valence electrons. The van der Waals surface area contributed by atoms with Gasteiger partial charge in [0.05, 0.1) is 0 Å². The van der Waals surface area contributed by atoms with E-state index in [1.54, 1.807) is 0 Å². The molecule has 18 heavy (non-hydrogen) atoms. The third kappa shape index (κ3) is 1.77. The summed E-state index contributed by atoms with van der Waals surface area (Å²) < 4.78 is 0. The summed E-state index contributed by atoms with van der Waals surface area (Å²) in [7, 11) is 0. The van der Waals surface area contributed by atoms with Gasteiger partial charge in [-0.25, -0.2) is 4.98 Å². The van der Waals surface area contributed by atoms with E-state index in [9.17, 15) is 4.79 Å². The van der Waals surface area contributed by atoms with Gasteiger partial charge < -0.3 is 11.1 Å². The number of rotatable bonds is 1. The lowest BCUT2D eigenvalue weighted by molar-refractivity contribution is -0.116. The molecule has 6 heteroatoms. The van der Waals surface area contributed by atoms with Crippen molar-refractivity contribution >= 4 is 17.4 Å². The molecule has 2 heterocycles. The molecule has 0 bridgehead atoms. The number of aromatic nitrogens is 3. The highest BCUT2D eigenvalue weighted by atomic mass is 16.1.